The highest BCUT2D eigenvalue weighted by atomic mass is 16.1. The van der Waals surface area contributed by atoms with Crippen LogP contribution in [0.2, 0.25) is 0 Å². The minimum Gasteiger partial charge on any atom is -0.356 e. The molecule has 0 fully saturated rings. The molecular weight excluding hydrogens is 236 g/mol. The SMILES string of the molecule is CC(C)CC(=O)NCCc1cn(C)c2ccccc12. The summed E-state index contributed by atoms with van der Waals surface area (Å²) in [6.07, 6.45) is 3.64. The fourth-order valence-corrected chi connectivity index (χ4v) is 2.40. The molecule has 1 N–H and O–H groups in total. The minimum atomic E-state index is 0.148. The number of nitrogens with one attached hydrogen (secondary N) is 1. The van der Waals surface area contributed by atoms with Crippen LogP contribution in [0.1, 0.15) is 25.8 Å². The molecule has 0 unspecified atom stereocenters. The Morgan fingerprint density at radius 2 is 2.05 bits per heavy atom. The maximum atomic E-state index is 11.6. The Balaban J connectivity index is 1.97. The van der Waals surface area contributed by atoms with Gasteiger partial charge in [0.1, 0.15) is 0 Å². The average Bonchev–Trinajstić information content (AvgIpc) is 2.66. The van der Waals surface area contributed by atoms with Crippen molar-refractivity contribution in [3.8, 4) is 0 Å². The van der Waals surface area contributed by atoms with Gasteiger partial charge in [0.25, 0.3) is 0 Å². The fourth-order valence-electron chi connectivity index (χ4n) is 2.40. The molecule has 3 heteroatoms. The summed E-state index contributed by atoms with van der Waals surface area (Å²) >= 11 is 0. The van der Waals surface area contributed by atoms with Gasteiger partial charge >= 0.3 is 0 Å². The molecule has 19 heavy (non-hydrogen) atoms. The van der Waals surface area contributed by atoms with Crippen molar-refractivity contribution >= 4 is 16.8 Å². The second kappa shape index (κ2) is 5.91. The second-order valence-corrected chi connectivity index (χ2v) is 5.48. The van der Waals surface area contributed by atoms with Crippen molar-refractivity contribution in [1.29, 1.82) is 0 Å². The Bertz CT molecular complexity index is 569. The lowest BCUT2D eigenvalue weighted by Gasteiger charge is -2.06. The molecule has 102 valence electrons. The van der Waals surface area contributed by atoms with Gasteiger partial charge in [-0.25, -0.2) is 0 Å². The average molecular weight is 258 g/mol. The summed E-state index contributed by atoms with van der Waals surface area (Å²) in [5.74, 6) is 0.563. The lowest BCUT2D eigenvalue weighted by Crippen LogP contribution is -2.26. The summed E-state index contributed by atoms with van der Waals surface area (Å²) in [4.78, 5) is 11.6. The summed E-state index contributed by atoms with van der Waals surface area (Å²) in [6, 6.07) is 8.37. The number of nitrogens with zero attached hydrogens (tertiary/aromatic N) is 1. The van der Waals surface area contributed by atoms with Crippen LogP contribution in [0.4, 0.5) is 0 Å². The van der Waals surface area contributed by atoms with Crippen LogP contribution in [0.25, 0.3) is 10.9 Å². The van der Waals surface area contributed by atoms with Crippen LogP contribution in [-0.4, -0.2) is 17.0 Å². The van der Waals surface area contributed by atoms with Crippen LogP contribution in [0.15, 0.2) is 30.5 Å². The van der Waals surface area contributed by atoms with Crippen molar-refractivity contribution in [2.45, 2.75) is 26.7 Å². The molecule has 0 aliphatic carbocycles. The van der Waals surface area contributed by atoms with Crippen LogP contribution < -0.4 is 5.32 Å². The van der Waals surface area contributed by atoms with Gasteiger partial charge in [-0.2, -0.15) is 0 Å². The zero-order chi connectivity index (χ0) is 13.8. The maximum Gasteiger partial charge on any atom is 0.220 e. The number of hydrogen-bond acceptors (Lipinski definition) is 1. The normalized spacial score (nSPS) is 11.2. The lowest BCUT2D eigenvalue weighted by atomic mass is 10.1. The van der Waals surface area contributed by atoms with Gasteiger partial charge in [-0.05, 0) is 24.0 Å². The first-order valence-electron chi connectivity index (χ1n) is 6.87. The number of para-hydroxylation sites is 1. The van der Waals surface area contributed by atoms with Crippen molar-refractivity contribution in [3.05, 3.63) is 36.0 Å². The number of rotatable bonds is 5. The van der Waals surface area contributed by atoms with E-state index in [9.17, 15) is 4.79 Å². The zero-order valence-corrected chi connectivity index (χ0v) is 11.9. The van der Waals surface area contributed by atoms with Gasteiger partial charge in [0.05, 0.1) is 0 Å². The van der Waals surface area contributed by atoms with E-state index < -0.39 is 0 Å². The van der Waals surface area contributed by atoms with Gasteiger partial charge in [0, 0.05) is 37.1 Å². The van der Waals surface area contributed by atoms with Crippen molar-refractivity contribution in [1.82, 2.24) is 9.88 Å². The first kappa shape index (κ1) is 13.7. The Morgan fingerprint density at radius 1 is 1.32 bits per heavy atom. The van der Waals surface area contributed by atoms with E-state index in [0.717, 1.165) is 6.42 Å². The number of hydrogen-bond donors (Lipinski definition) is 1. The van der Waals surface area contributed by atoms with Crippen LogP contribution in [0, 0.1) is 5.92 Å². The van der Waals surface area contributed by atoms with Gasteiger partial charge in [0.2, 0.25) is 5.91 Å². The molecule has 1 heterocycles. The molecule has 0 bridgehead atoms. The van der Waals surface area contributed by atoms with E-state index in [1.54, 1.807) is 0 Å². The first-order valence-corrected chi connectivity index (χ1v) is 6.87. The van der Waals surface area contributed by atoms with Crippen molar-refractivity contribution in [2.75, 3.05) is 6.54 Å². The van der Waals surface area contributed by atoms with Crippen molar-refractivity contribution in [3.63, 3.8) is 0 Å². The number of carbonyl (C=O) groups excluding carboxylic acids is 1. The number of aryl methyl sites for hydroxylation is 1. The summed E-state index contributed by atoms with van der Waals surface area (Å²) in [5.41, 5.74) is 2.54. The van der Waals surface area contributed by atoms with E-state index in [-0.39, 0.29) is 5.91 Å². The van der Waals surface area contributed by atoms with Crippen molar-refractivity contribution < 1.29 is 4.79 Å². The molecule has 1 aromatic carbocycles. The molecule has 0 aliphatic heterocycles. The van der Waals surface area contributed by atoms with E-state index in [1.165, 1.54) is 16.5 Å². The first-order chi connectivity index (χ1) is 9.08. The molecule has 0 atom stereocenters. The van der Waals surface area contributed by atoms with Gasteiger partial charge in [0.15, 0.2) is 0 Å². The number of amides is 1. The van der Waals surface area contributed by atoms with Gasteiger partial charge in [-0.1, -0.05) is 32.0 Å². The predicted molar refractivity (Wildman–Crippen MR) is 79.1 cm³/mol. The molecule has 3 nitrogen and oxygen atoms in total. The Hall–Kier alpha value is -1.77. The predicted octanol–water partition coefficient (Wildman–Crippen LogP) is 2.88. The third-order valence-corrected chi connectivity index (χ3v) is 3.29. The van der Waals surface area contributed by atoms with Crippen LogP contribution in [0.3, 0.4) is 0 Å². The molecule has 0 spiro atoms. The Morgan fingerprint density at radius 3 is 2.79 bits per heavy atom. The van der Waals surface area contributed by atoms with E-state index >= 15 is 0 Å². The summed E-state index contributed by atoms with van der Waals surface area (Å²) in [7, 11) is 2.06. The summed E-state index contributed by atoms with van der Waals surface area (Å²) in [6.45, 7) is 4.83. The Kier molecular flexibility index (Phi) is 4.25. The van der Waals surface area contributed by atoms with E-state index in [4.69, 9.17) is 0 Å². The molecule has 2 aromatic rings. The highest BCUT2D eigenvalue weighted by Gasteiger charge is 2.07. The maximum absolute atomic E-state index is 11.6. The lowest BCUT2D eigenvalue weighted by molar-refractivity contribution is -0.121. The molecule has 0 saturated heterocycles. The van der Waals surface area contributed by atoms with Gasteiger partial charge < -0.3 is 9.88 Å². The molecule has 1 aromatic heterocycles. The van der Waals surface area contributed by atoms with Gasteiger partial charge in [-0.15, -0.1) is 0 Å². The van der Waals surface area contributed by atoms with E-state index in [2.05, 4.69) is 61.2 Å². The highest BCUT2D eigenvalue weighted by Crippen LogP contribution is 2.20. The number of fused-ring (bicyclic) bond motifs is 1. The highest BCUT2D eigenvalue weighted by molar-refractivity contribution is 5.84. The molecule has 2 rings (SSSR count). The van der Waals surface area contributed by atoms with Crippen LogP contribution >= 0.6 is 0 Å². The number of carbonyl (C=O) groups is 1. The largest absolute Gasteiger partial charge is 0.356 e. The third-order valence-electron chi connectivity index (χ3n) is 3.29. The number of benzene rings is 1. The van der Waals surface area contributed by atoms with Gasteiger partial charge in [-0.3, -0.25) is 4.79 Å². The Labute approximate surface area is 114 Å². The second-order valence-electron chi connectivity index (χ2n) is 5.48. The molecule has 0 saturated carbocycles. The third kappa shape index (κ3) is 3.37. The smallest absolute Gasteiger partial charge is 0.220 e. The summed E-state index contributed by atoms with van der Waals surface area (Å²) < 4.78 is 2.14. The monoisotopic (exact) mass is 258 g/mol. The number of aromatic nitrogens is 1. The zero-order valence-electron chi connectivity index (χ0n) is 11.9. The quantitative estimate of drug-likeness (QED) is 0.879. The van der Waals surface area contributed by atoms with Crippen molar-refractivity contribution in [2.24, 2.45) is 13.0 Å². The van der Waals surface area contributed by atoms with E-state index in [0.29, 0.717) is 18.9 Å². The van der Waals surface area contributed by atoms with E-state index in [1.807, 2.05) is 0 Å². The standard InChI is InChI=1S/C16H22N2O/c1-12(2)10-16(19)17-9-8-13-11-18(3)15-7-5-4-6-14(13)15/h4-7,11-12H,8-10H2,1-3H3,(H,17,19). The molecule has 0 radical (unpaired) electrons. The minimum absolute atomic E-state index is 0.148. The van der Waals surface area contributed by atoms with Crippen LogP contribution in [0.5, 0.6) is 0 Å². The molecule has 0 aliphatic rings. The summed E-state index contributed by atoms with van der Waals surface area (Å²) in [5, 5.41) is 4.27. The topological polar surface area (TPSA) is 34.0 Å². The fraction of sp³-hybridized carbons (Fsp3) is 0.438. The molecular formula is C16H22N2O. The van der Waals surface area contributed by atoms with Crippen LogP contribution in [-0.2, 0) is 18.3 Å². The molecule has 1 amide bonds.